The molecule has 1 aromatic rings. The van der Waals surface area contributed by atoms with Gasteiger partial charge in [0.05, 0.1) is 19.3 Å². The summed E-state index contributed by atoms with van der Waals surface area (Å²) in [7, 11) is 1.64. The third-order valence-electron chi connectivity index (χ3n) is 2.31. The van der Waals surface area contributed by atoms with Crippen LogP contribution in [0.1, 0.15) is 18.5 Å². The third-order valence-corrected chi connectivity index (χ3v) is 2.31. The van der Waals surface area contributed by atoms with E-state index in [2.05, 4.69) is 11.4 Å². The van der Waals surface area contributed by atoms with E-state index in [4.69, 9.17) is 14.7 Å². The summed E-state index contributed by atoms with van der Waals surface area (Å²) in [5, 5.41) is 12.2. The summed E-state index contributed by atoms with van der Waals surface area (Å²) in [5.41, 5.74) is 0.937. The molecule has 1 aromatic carbocycles. The zero-order valence-corrected chi connectivity index (χ0v) is 10.3. The second kappa shape index (κ2) is 7.66. The summed E-state index contributed by atoms with van der Waals surface area (Å²) in [6.45, 7) is 3.84. The van der Waals surface area contributed by atoms with Gasteiger partial charge >= 0.3 is 0 Å². The van der Waals surface area contributed by atoms with E-state index in [1.807, 2.05) is 31.2 Å². The van der Waals surface area contributed by atoms with Crippen LogP contribution in [0.4, 0.5) is 0 Å². The fourth-order valence-electron chi connectivity index (χ4n) is 1.47. The van der Waals surface area contributed by atoms with Crippen LogP contribution in [0.3, 0.4) is 0 Å². The summed E-state index contributed by atoms with van der Waals surface area (Å²) in [4.78, 5) is 0. The monoisotopic (exact) mass is 234 g/mol. The van der Waals surface area contributed by atoms with Gasteiger partial charge in [-0.3, -0.25) is 5.32 Å². The molecule has 0 fully saturated rings. The minimum absolute atomic E-state index is 0.305. The van der Waals surface area contributed by atoms with Gasteiger partial charge in [0.25, 0.3) is 0 Å². The first-order valence-electron chi connectivity index (χ1n) is 5.66. The fourth-order valence-corrected chi connectivity index (χ4v) is 1.47. The summed E-state index contributed by atoms with van der Waals surface area (Å²) < 4.78 is 10.3. The van der Waals surface area contributed by atoms with Gasteiger partial charge in [-0.05, 0) is 24.6 Å². The number of nitriles is 1. The SMILES string of the molecule is CCOc1ccc(C(C#N)NCCOC)cc1. The standard InChI is InChI=1S/C13H18N2O2/c1-3-17-12-6-4-11(5-7-12)13(10-14)15-8-9-16-2/h4-7,13,15H,3,8-9H2,1-2H3. The Kier molecular flexibility index (Phi) is 6.08. The van der Waals surface area contributed by atoms with Crippen molar-refractivity contribution >= 4 is 0 Å². The molecule has 1 N–H and O–H groups in total. The van der Waals surface area contributed by atoms with Crippen LogP contribution < -0.4 is 10.1 Å². The number of methoxy groups -OCH3 is 1. The molecule has 1 unspecified atom stereocenters. The van der Waals surface area contributed by atoms with Crippen molar-refractivity contribution in [2.24, 2.45) is 0 Å². The smallest absolute Gasteiger partial charge is 0.121 e. The first kappa shape index (κ1) is 13.5. The molecular formula is C13H18N2O2. The van der Waals surface area contributed by atoms with Crippen molar-refractivity contribution in [2.75, 3.05) is 26.9 Å². The molecule has 0 heterocycles. The molecule has 0 radical (unpaired) electrons. The van der Waals surface area contributed by atoms with Gasteiger partial charge in [-0.2, -0.15) is 5.26 Å². The largest absolute Gasteiger partial charge is 0.494 e. The number of hydrogen-bond donors (Lipinski definition) is 1. The summed E-state index contributed by atoms with van der Waals surface area (Å²) in [5.74, 6) is 0.824. The van der Waals surface area contributed by atoms with Gasteiger partial charge in [-0.1, -0.05) is 12.1 Å². The molecule has 0 saturated heterocycles. The van der Waals surface area contributed by atoms with Gasteiger partial charge in [0.2, 0.25) is 0 Å². The van der Waals surface area contributed by atoms with Gasteiger partial charge in [-0.25, -0.2) is 0 Å². The summed E-state index contributed by atoms with van der Waals surface area (Å²) in [6, 6.07) is 9.47. The van der Waals surface area contributed by atoms with E-state index in [1.54, 1.807) is 7.11 Å². The number of nitrogens with zero attached hydrogens (tertiary/aromatic N) is 1. The first-order chi connectivity index (χ1) is 8.31. The average molecular weight is 234 g/mol. The van der Waals surface area contributed by atoms with Crippen molar-refractivity contribution < 1.29 is 9.47 Å². The van der Waals surface area contributed by atoms with Crippen LogP contribution in [0.2, 0.25) is 0 Å². The topological polar surface area (TPSA) is 54.3 Å². The van der Waals surface area contributed by atoms with E-state index < -0.39 is 0 Å². The number of rotatable bonds is 7. The van der Waals surface area contributed by atoms with Crippen LogP contribution in [-0.2, 0) is 4.74 Å². The van der Waals surface area contributed by atoms with Crippen LogP contribution in [0.25, 0.3) is 0 Å². The van der Waals surface area contributed by atoms with E-state index in [9.17, 15) is 0 Å². The summed E-state index contributed by atoms with van der Waals surface area (Å²) >= 11 is 0. The number of nitrogens with one attached hydrogen (secondary N) is 1. The predicted octanol–water partition coefficient (Wildman–Crippen LogP) is 1.89. The lowest BCUT2D eigenvalue weighted by Gasteiger charge is -2.12. The number of hydrogen-bond acceptors (Lipinski definition) is 4. The highest BCUT2D eigenvalue weighted by molar-refractivity contribution is 5.31. The second-order valence-electron chi connectivity index (χ2n) is 3.51. The highest BCUT2D eigenvalue weighted by atomic mass is 16.5. The molecule has 17 heavy (non-hydrogen) atoms. The van der Waals surface area contributed by atoms with Crippen molar-refractivity contribution in [3.05, 3.63) is 29.8 Å². The zero-order valence-electron chi connectivity index (χ0n) is 10.3. The lowest BCUT2D eigenvalue weighted by Crippen LogP contribution is -2.23. The predicted molar refractivity (Wildman–Crippen MR) is 65.8 cm³/mol. The molecular weight excluding hydrogens is 216 g/mol. The Morgan fingerprint density at radius 1 is 1.35 bits per heavy atom. The maximum atomic E-state index is 9.07. The van der Waals surface area contributed by atoms with Crippen molar-refractivity contribution in [3.8, 4) is 11.8 Å². The van der Waals surface area contributed by atoms with Gasteiger partial charge in [0.15, 0.2) is 0 Å². The maximum Gasteiger partial charge on any atom is 0.121 e. The molecule has 0 amide bonds. The minimum Gasteiger partial charge on any atom is -0.494 e. The lowest BCUT2D eigenvalue weighted by atomic mass is 10.1. The quantitative estimate of drug-likeness (QED) is 0.732. The van der Waals surface area contributed by atoms with Gasteiger partial charge in [0, 0.05) is 13.7 Å². The van der Waals surface area contributed by atoms with E-state index in [0.717, 1.165) is 11.3 Å². The molecule has 0 aliphatic rings. The lowest BCUT2D eigenvalue weighted by molar-refractivity contribution is 0.198. The van der Waals surface area contributed by atoms with Crippen molar-refractivity contribution in [3.63, 3.8) is 0 Å². The Labute approximate surface area is 102 Å². The maximum absolute atomic E-state index is 9.07. The molecule has 0 aliphatic heterocycles. The van der Waals surface area contributed by atoms with Crippen LogP contribution in [0.15, 0.2) is 24.3 Å². The molecule has 0 aromatic heterocycles. The molecule has 0 saturated carbocycles. The molecule has 0 aliphatic carbocycles. The molecule has 1 rings (SSSR count). The van der Waals surface area contributed by atoms with E-state index in [-0.39, 0.29) is 6.04 Å². The first-order valence-corrected chi connectivity index (χ1v) is 5.66. The van der Waals surface area contributed by atoms with Crippen LogP contribution in [-0.4, -0.2) is 26.9 Å². The third kappa shape index (κ3) is 4.43. The van der Waals surface area contributed by atoms with Gasteiger partial charge in [-0.15, -0.1) is 0 Å². The van der Waals surface area contributed by atoms with E-state index in [0.29, 0.717) is 19.8 Å². The van der Waals surface area contributed by atoms with Crippen LogP contribution >= 0.6 is 0 Å². The fraction of sp³-hybridized carbons (Fsp3) is 0.462. The van der Waals surface area contributed by atoms with Gasteiger partial charge < -0.3 is 9.47 Å². The highest BCUT2D eigenvalue weighted by Gasteiger charge is 2.08. The van der Waals surface area contributed by atoms with Gasteiger partial charge in [0.1, 0.15) is 11.8 Å². The van der Waals surface area contributed by atoms with E-state index >= 15 is 0 Å². The Balaban J connectivity index is 2.59. The minimum atomic E-state index is -0.305. The Bertz CT molecular complexity index is 357. The zero-order chi connectivity index (χ0) is 12.5. The molecule has 92 valence electrons. The van der Waals surface area contributed by atoms with Crippen molar-refractivity contribution in [1.29, 1.82) is 5.26 Å². The average Bonchev–Trinajstić information content (AvgIpc) is 2.36. The van der Waals surface area contributed by atoms with Crippen LogP contribution in [0, 0.1) is 11.3 Å². The van der Waals surface area contributed by atoms with Crippen LogP contribution in [0.5, 0.6) is 5.75 Å². The molecule has 1 atom stereocenters. The molecule has 0 bridgehead atoms. The molecule has 4 heteroatoms. The highest BCUT2D eigenvalue weighted by Crippen LogP contribution is 2.17. The molecule has 4 nitrogen and oxygen atoms in total. The summed E-state index contributed by atoms with van der Waals surface area (Å²) in [6.07, 6.45) is 0. The normalized spacial score (nSPS) is 11.8. The second-order valence-corrected chi connectivity index (χ2v) is 3.51. The Morgan fingerprint density at radius 2 is 2.06 bits per heavy atom. The molecule has 0 spiro atoms. The van der Waals surface area contributed by atoms with Crippen molar-refractivity contribution in [1.82, 2.24) is 5.32 Å². The van der Waals surface area contributed by atoms with Crippen molar-refractivity contribution in [2.45, 2.75) is 13.0 Å². The Morgan fingerprint density at radius 3 is 2.59 bits per heavy atom. The van der Waals surface area contributed by atoms with E-state index in [1.165, 1.54) is 0 Å². The number of ether oxygens (including phenoxy) is 2. The Hall–Kier alpha value is -1.57. The number of benzene rings is 1.